The molecule has 0 bridgehead atoms. The summed E-state index contributed by atoms with van der Waals surface area (Å²) in [7, 11) is 0. The molecule has 1 atom stereocenters. The fourth-order valence-corrected chi connectivity index (χ4v) is 2.66. The topological polar surface area (TPSA) is 24.9 Å². The van der Waals surface area contributed by atoms with Crippen LogP contribution in [0.2, 0.25) is 0 Å². The van der Waals surface area contributed by atoms with Crippen LogP contribution in [0.1, 0.15) is 34.8 Å². The maximum absolute atomic E-state index is 13.2. The fourth-order valence-electron chi connectivity index (χ4n) is 1.83. The van der Waals surface area contributed by atoms with Crippen molar-refractivity contribution in [1.29, 1.82) is 0 Å². The molecule has 0 saturated carbocycles. The second-order valence-electron chi connectivity index (χ2n) is 4.74. The third kappa shape index (κ3) is 4.01. The summed E-state index contributed by atoms with van der Waals surface area (Å²) in [6.07, 6.45) is -4.68. The van der Waals surface area contributed by atoms with Crippen molar-refractivity contribution in [3.05, 3.63) is 51.2 Å². The van der Waals surface area contributed by atoms with Crippen molar-refractivity contribution >= 4 is 11.3 Å². The lowest BCUT2D eigenvalue weighted by Crippen LogP contribution is -2.18. The smallest absolute Gasteiger partial charge is 0.304 e. The molecule has 0 aliphatic carbocycles. The highest BCUT2D eigenvalue weighted by atomic mass is 32.1. The predicted molar refractivity (Wildman–Crippen MR) is 73.5 cm³/mol. The molecule has 114 valence electrons. The van der Waals surface area contributed by atoms with Gasteiger partial charge in [0.05, 0.1) is 11.6 Å². The zero-order valence-corrected chi connectivity index (χ0v) is 12.3. The number of nitrogens with zero attached hydrogens (tertiary/aromatic N) is 1. The van der Waals surface area contributed by atoms with E-state index in [1.165, 1.54) is 17.4 Å². The highest BCUT2D eigenvalue weighted by molar-refractivity contribution is 7.09. The summed E-state index contributed by atoms with van der Waals surface area (Å²) in [5.41, 5.74) is 0.0492. The molecule has 2 aromatic rings. The van der Waals surface area contributed by atoms with E-state index in [1.54, 1.807) is 0 Å². The molecule has 0 aliphatic rings. The number of benzene rings is 1. The van der Waals surface area contributed by atoms with Gasteiger partial charge in [0, 0.05) is 17.6 Å². The third-order valence-electron chi connectivity index (χ3n) is 2.96. The molecular weight excluding hydrogens is 304 g/mol. The number of nitrogens with one attached hydrogen (secondary N) is 1. The zero-order valence-electron chi connectivity index (χ0n) is 11.5. The number of aromatic nitrogens is 1. The second-order valence-corrected chi connectivity index (χ2v) is 5.63. The molecule has 1 aromatic carbocycles. The zero-order chi connectivity index (χ0) is 15.6. The lowest BCUT2D eigenvalue weighted by molar-refractivity contribution is -0.140. The Morgan fingerprint density at radius 2 is 2.05 bits per heavy atom. The summed E-state index contributed by atoms with van der Waals surface area (Å²) >= 11 is 1.49. The van der Waals surface area contributed by atoms with Crippen LogP contribution in [0.15, 0.2) is 23.6 Å². The summed E-state index contributed by atoms with van der Waals surface area (Å²) in [6, 6.07) is 2.94. The van der Waals surface area contributed by atoms with Crippen LogP contribution in [0.25, 0.3) is 0 Å². The Balaban J connectivity index is 2.07. The minimum Gasteiger partial charge on any atom is -0.304 e. The average Bonchev–Trinajstić information content (AvgIpc) is 2.83. The Morgan fingerprint density at radius 1 is 1.33 bits per heavy atom. The molecular formula is C14H14F4N2S. The first-order valence-electron chi connectivity index (χ1n) is 6.28. The lowest BCUT2D eigenvalue weighted by Gasteiger charge is -2.13. The SMILES string of the molecule is Cc1csc(C(C)NCc2ccc(F)c(C(F)(F)F)c2)n1. The predicted octanol–water partition coefficient (Wildman–Crippen LogP) is 4.46. The largest absolute Gasteiger partial charge is 0.419 e. The summed E-state index contributed by atoms with van der Waals surface area (Å²) in [6.45, 7) is 3.97. The molecule has 0 amide bonds. The second kappa shape index (κ2) is 6.11. The Morgan fingerprint density at radius 3 is 2.62 bits per heavy atom. The van der Waals surface area contributed by atoms with Crippen LogP contribution in [0.4, 0.5) is 17.6 Å². The molecule has 2 rings (SSSR count). The Bertz CT molecular complexity index is 622. The normalized spacial score (nSPS) is 13.4. The molecule has 1 unspecified atom stereocenters. The van der Waals surface area contributed by atoms with Crippen LogP contribution in [0.3, 0.4) is 0 Å². The molecule has 0 radical (unpaired) electrons. The van der Waals surface area contributed by atoms with Crippen LogP contribution in [-0.4, -0.2) is 4.98 Å². The van der Waals surface area contributed by atoms with Gasteiger partial charge in [0.2, 0.25) is 0 Å². The highest BCUT2D eigenvalue weighted by Crippen LogP contribution is 2.32. The molecule has 2 nitrogen and oxygen atoms in total. The maximum Gasteiger partial charge on any atom is 0.419 e. The Labute approximate surface area is 123 Å². The minimum absolute atomic E-state index is 0.0805. The van der Waals surface area contributed by atoms with Gasteiger partial charge in [-0.2, -0.15) is 13.2 Å². The van der Waals surface area contributed by atoms with Gasteiger partial charge in [-0.1, -0.05) is 6.07 Å². The summed E-state index contributed by atoms with van der Waals surface area (Å²) in [4.78, 5) is 4.31. The van der Waals surface area contributed by atoms with E-state index in [0.29, 0.717) is 5.56 Å². The minimum atomic E-state index is -4.68. The number of aryl methyl sites for hydroxylation is 1. The van der Waals surface area contributed by atoms with Gasteiger partial charge < -0.3 is 5.32 Å². The molecule has 0 fully saturated rings. The molecule has 0 spiro atoms. The summed E-state index contributed by atoms with van der Waals surface area (Å²) in [5.74, 6) is -1.25. The first-order chi connectivity index (χ1) is 9.77. The third-order valence-corrected chi connectivity index (χ3v) is 4.10. The van der Waals surface area contributed by atoms with E-state index in [9.17, 15) is 17.6 Å². The summed E-state index contributed by atoms with van der Waals surface area (Å²) < 4.78 is 51.1. The van der Waals surface area contributed by atoms with Gasteiger partial charge in [-0.3, -0.25) is 0 Å². The van der Waals surface area contributed by atoms with Gasteiger partial charge in [0.25, 0.3) is 0 Å². The summed E-state index contributed by atoms with van der Waals surface area (Å²) in [5, 5.41) is 5.86. The standard InChI is InChI=1S/C14H14F4N2S/c1-8-7-21-13(20-8)9(2)19-6-10-3-4-12(15)11(5-10)14(16,17)18/h3-5,7,9,19H,6H2,1-2H3. The number of hydrogen-bond acceptors (Lipinski definition) is 3. The van der Waals surface area contributed by atoms with Crippen molar-refractivity contribution in [2.24, 2.45) is 0 Å². The van der Waals surface area contributed by atoms with Crippen LogP contribution >= 0.6 is 11.3 Å². The van der Waals surface area contributed by atoms with Crippen molar-refractivity contribution in [1.82, 2.24) is 10.3 Å². The number of thiazole rings is 1. The fraction of sp³-hybridized carbons (Fsp3) is 0.357. The van der Waals surface area contributed by atoms with Crippen molar-refractivity contribution in [3.8, 4) is 0 Å². The van der Waals surface area contributed by atoms with Gasteiger partial charge in [-0.15, -0.1) is 11.3 Å². The molecule has 1 N–H and O–H groups in total. The Kier molecular flexibility index (Phi) is 4.63. The molecule has 0 aliphatic heterocycles. The van der Waals surface area contributed by atoms with E-state index < -0.39 is 17.6 Å². The monoisotopic (exact) mass is 318 g/mol. The van der Waals surface area contributed by atoms with Gasteiger partial charge in [0.1, 0.15) is 10.8 Å². The number of alkyl halides is 3. The van der Waals surface area contributed by atoms with Gasteiger partial charge in [-0.25, -0.2) is 9.37 Å². The van der Waals surface area contributed by atoms with E-state index >= 15 is 0 Å². The molecule has 21 heavy (non-hydrogen) atoms. The van der Waals surface area contributed by atoms with Crippen molar-refractivity contribution in [2.45, 2.75) is 32.6 Å². The first kappa shape index (κ1) is 15.9. The average molecular weight is 318 g/mol. The molecule has 7 heteroatoms. The van der Waals surface area contributed by atoms with Crippen molar-refractivity contribution in [2.75, 3.05) is 0 Å². The Hall–Kier alpha value is -1.47. The van der Waals surface area contributed by atoms with Crippen LogP contribution in [0.5, 0.6) is 0 Å². The van der Waals surface area contributed by atoms with Crippen molar-refractivity contribution < 1.29 is 17.6 Å². The van der Waals surface area contributed by atoms with Crippen LogP contribution < -0.4 is 5.32 Å². The van der Waals surface area contributed by atoms with Gasteiger partial charge in [0.15, 0.2) is 0 Å². The van der Waals surface area contributed by atoms with E-state index in [1.807, 2.05) is 19.2 Å². The van der Waals surface area contributed by atoms with Gasteiger partial charge >= 0.3 is 6.18 Å². The van der Waals surface area contributed by atoms with Crippen LogP contribution in [-0.2, 0) is 12.7 Å². The van der Waals surface area contributed by atoms with E-state index in [-0.39, 0.29) is 12.6 Å². The quantitative estimate of drug-likeness (QED) is 0.842. The van der Waals surface area contributed by atoms with E-state index in [4.69, 9.17) is 0 Å². The van der Waals surface area contributed by atoms with E-state index in [2.05, 4.69) is 10.3 Å². The highest BCUT2D eigenvalue weighted by Gasteiger charge is 2.34. The van der Waals surface area contributed by atoms with E-state index in [0.717, 1.165) is 22.8 Å². The number of halogens is 4. The van der Waals surface area contributed by atoms with Crippen molar-refractivity contribution in [3.63, 3.8) is 0 Å². The molecule has 1 heterocycles. The lowest BCUT2D eigenvalue weighted by atomic mass is 10.1. The molecule has 0 saturated heterocycles. The number of hydrogen-bond donors (Lipinski definition) is 1. The molecule has 1 aromatic heterocycles. The maximum atomic E-state index is 13.2. The number of rotatable bonds is 4. The van der Waals surface area contributed by atoms with Crippen LogP contribution in [0, 0.1) is 12.7 Å². The van der Waals surface area contributed by atoms with Gasteiger partial charge in [-0.05, 0) is 31.5 Å². The first-order valence-corrected chi connectivity index (χ1v) is 7.16.